The molecule has 2 aliphatic rings. The summed E-state index contributed by atoms with van der Waals surface area (Å²) in [6.45, 7) is 7.73. The Labute approximate surface area is 148 Å². The summed E-state index contributed by atoms with van der Waals surface area (Å²) in [5, 5.41) is 6.01. The molecule has 1 aromatic heterocycles. The van der Waals surface area contributed by atoms with E-state index in [1.54, 1.807) is 10.9 Å². The number of hydrogen-bond donors (Lipinski definition) is 0. The van der Waals surface area contributed by atoms with Gasteiger partial charge in [-0.2, -0.15) is 5.10 Å². The molecule has 2 fully saturated rings. The van der Waals surface area contributed by atoms with E-state index >= 15 is 0 Å². The average molecular weight is 342 g/mol. The highest BCUT2D eigenvalue weighted by molar-refractivity contribution is 5.80. The molecule has 0 amide bonds. The van der Waals surface area contributed by atoms with E-state index in [2.05, 4.69) is 14.9 Å². The number of hydrogen-bond acceptors (Lipinski definition) is 5. The number of likely N-dealkylation sites (tertiary alicyclic amines) is 1. The molecule has 4 rings (SSSR count). The number of piperidine rings is 1. The van der Waals surface area contributed by atoms with Gasteiger partial charge in [-0.1, -0.05) is 18.2 Å². The maximum atomic E-state index is 12.6. The van der Waals surface area contributed by atoms with E-state index in [1.165, 1.54) is 19.4 Å². The molecule has 0 unspecified atom stereocenters. The van der Waals surface area contributed by atoms with Crippen LogP contribution in [0, 0.1) is 5.92 Å². The Hall–Kier alpha value is -1.76. The van der Waals surface area contributed by atoms with Crippen LogP contribution in [0.2, 0.25) is 0 Å². The quantitative estimate of drug-likeness (QED) is 0.841. The van der Waals surface area contributed by atoms with Gasteiger partial charge in [-0.15, -0.1) is 0 Å². The topological polar surface area (TPSA) is 50.6 Å². The first-order valence-corrected chi connectivity index (χ1v) is 9.27. The van der Waals surface area contributed by atoms with Gasteiger partial charge in [0.2, 0.25) is 0 Å². The first kappa shape index (κ1) is 16.7. The molecule has 0 radical (unpaired) electrons. The van der Waals surface area contributed by atoms with Gasteiger partial charge in [0.25, 0.3) is 5.56 Å². The van der Waals surface area contributed by atoms with Crippen molar-refractivity contribution in [2.75, 3.05) is 45.9 Å². The molecule has 0 saturated carbocycles. The number of nitrogens with zero attached hydrogens (tertiary/aromatic N) is 4. The summed E-state index contributed by atoms with van der Waals surface area (Å²) < 4.78 is 7.03. The lowest BCUT2D eigenvalue weighted by atomic mass is 9.96. The lowest BCUT2D eigenvalue weighted by Crippen LogP contribution is -2.44. The molecule has 2 aromatic rings. The number of ether oxygens (including phenoxy) is 1. The molecule has 134 valence electrons. The minimum Gasteiger partial charge on any atom is -0.379 e. The predicted octanol–water partition coefficient (Wildman–Crippen LogP) is 1.40. The van der Waals surface area contributed by atoms with Crippen molar-refractivity contribution < 1.29 is 4.74 Å². The van der Waals surface area contributed by atoms with Crippen LogP contribution in [0.25, 0.3) is 10.8 Å². The Morgan fingerprint density at radius 1 is 1.04 bits per heavy atom. The van der Waals surface area contributed by atoms with Crippen LogP contribution in [-0.2, 0) is 11.4 Å². The van der Waals surface area contributed by atoms with Gasteiger partial charge >= 0.3 is 0 Å². The fraction of sp³-hybridized carbons (Fsp3) is 0.579. The van der Waals surface area contributed by atoms with Gasteiger partial charge in [0.05, 0.1) is 31.5 Å². The molecule has 2 saturated heterocycles. The minimum absolute atomic E-state index is 0.00791. The van der Waals surface area contributed by atoms with Crippen LogP contribution in [0.3, 0.4) is 0 Å². The smallest absolute Gasteiger partial charge is 0.275 e. The van der Waals surface area contributed by atoms with Crippen LogP contribution in [0.5, 0.6) is 0 Å². The van der Waals surface area contributed by atoms with Crippen LogP contribution in [0.1, 0.15) is 12.8 Å². The van der Waals surface area contributed by atoms with Crippen molar-refractivity contribution in [3.8, 4) is 0 Å². The second-order valence-corrected chi connectivity index (χ2v) is 7.15. The standard InChI is InChI=1S/C19H26N4O2/c24-19-18-4-2-1-3-17(18)13-20-23(19)15-22-7-5-16(6-8-22)14-21-9-11-25-12-10-21/h1-4,13,16H,5-12,14-15H2. The third kappa shape index (κ3) is 3.92. The number of benzene rings is 1. The molecule has 0 atom stereocenters. The van der Waals surface area contributed by atoms with E-state index in [1.807, 2.05) is 24.3 Å². The zero-order chi connectivity index (χ0) is 17.1. The van der Waals surface area contributed by atoms with Gasteiger partial charge < -0.3 is 4.74 Å². The molecule has 0 bridgehead atoms. The first-order chi connectivity index (χ1) is 12.3. The summed E-state index contributed by atoms with van der Waals surface area (Å²) in [6.07, 6.45) is 4.18. The third-order valence-corrected chi connectivity index (χ3v) is 5.42. The van der Waals surface area contributed by atoms with Crippen molar-refractivity contribution >= 4 is 10.8 Å². The minimum atomic E-state index is 0.00791. The van der Waals surface area contributed by atoms with Gasteiger partial charge in [-0.3, -0.25) is 14.6 Å². The Morgan fingerprint density at radius 2 is 1.80 bits per heavy atom. The van der Waals surface area contributed by atoms with Crippen LogP contribution in [0.15, 0.2) is 35.3 Å². The Bertz CT molecular complexity index is 761. The summed E-state index contributed by atoms with van der Waals surface area (Å²) in [4.78, 5) is 17.5. The van der Waals surface area contributed by atoms with Gasteiger partial charge in [0, 0.05) is 38.1 Å². The zero-order valence-corrected chi connectivity index (χ0v) is 14.6. The van der Waals surface area contributed by atoms with Crippen molar-refractivity contribution in [3.05, 3.63) is 40.8 Å². The molecule has 6 nitrogen and oxygen atoms in total. The molecule has 6 heteroatoms. The first-order valence-electron chi connectivity index (χ1n) is 9.27. The summed E-state index contributed by atoms with van der Waals surface area (Å²) in [6, 6.07) is 7.66. The van der Waals surface area contributed by atoms with Gasteiger partial charge in [0.15, 0.2) is 0 Å². The van der Waals surface area contributed by atoms with Crippen LogP contribution < -0.4 is 5.56 Å². The average Bonchev–Trinajstić information content (AvgIpc) is 2.67. The molecule has 0 aliphatic carbocycles. The maximum absolute atomic E-state index is 12.6. The maximum Gasteiger partial charge on any atom is 0.275 e. The Kier molecular flexibility index (Phi) is 5.10. The van der Waals surface area contributed by atoms with E-state index in [0.717, 1.165) is 56.1 Å². The number of morpholine rings is 1. The highest BCUT2D eigenvalue weighted by Crippen LogP contribution is 2.19. The normalized spacial score (nSPS) is 21.0. The molecular formula is C19H26N4O2. The van der Waals surface area contributed by atoms with E-state index in [4.69, 9.17) is 4.74 Å². The zero-order valence-electron chi connectivity index (χ0n) is 14.6. The molecule has 0 N–H and O–H groups in total. The van der Waals surface area contributed by atoms with E-state index in [9.17, 15) is 4.79 Å². The largest absolute Gasteiger partial charge is 0.379 e. The molecule has 1 aromatic carbocycles. The number of fused-ring (bicyclic) bond motifs is 1. The van der Waals surface area contributed by atoms with Crippen molar-refractivity contribution in [3.63, 3.8) is 0 Å². The second kappa shape index (κ2) is 7.64. The highest BCUT2D eigenvalue weighted by Gasteiger charge is 2.23. The monoisotopic (exact) mass is 342 g/mol. The fourth-order valence-corrected chi connectivity index (χ4v) is 3.88. The van der Waals surface area contributed by atoms with Crippen molar-refractivity contribution in [2.45, 2.75) is 19.5 Å². The molecule has 2 aliphatic heterocycles. The summed E-state index contributed by atoms with van der Waals surface area (Å²) in [5.74, 6) is 0.760. The van der Waals surface area contributed by atoms with Gasteiger partial charge in [-0.05, 0) is 24.8 Å². The van der Waals surface area contributed by atoms with Gasteiger partial charge in [-0.25, -0.2) is 4.68 Å². The molecule has 25 heavy (non-hydrogen) atoms. The fourth-order valence-electron chi connectivity index (χ4n) is 3.88. The Morgan fingerprint density at radius 3 is 2.60 bits per heavy atom. The van der Waals surface area contributed by atoms with E-state index in [0.29, 0.717) is 6.67 Å². The summed E-state index contributed by atoms with van der Waals surface area (Å²) in [5.41, 5.74) is 0.00791. The van der Waals surface area contributed by atoms with Crippen LogP contribution in [-0.4, -0.2) is 65.5 Å². The molecular weight excluding hydrogens is 316 g/mol. The number of aromatic nitrogens is 2. The van der Waals surface area contributed by atoms with Gasteiger partial charge in [0.1, 0.15) is 0 Å². The van der Waals surface area contributed by atoms with Crippen LogP contribution in [0.4, 0.5) is 0 Å². The van der Waals surface area contributed by atoms with E-state index < -0.39 is 0 Å². The van der Waals surface area contributed by atoms with Crippen molar-refractivity contribution in [1.29, 1.82) is 0 Å². The second-order valence-electron chi connectivity index (χ2n) is 7.15. The lowest BCUT2D eigenvalue weighted by Gasteiger charge is -2.35. The van der Waals surface area contributed by atoms with E-state index in [-0.39, 0.29) is 5.56 Å². The van der Waals surface area contributed by atoms with Crippen molar-refractivity contribution in [1.82, 2.24) is 19.6 Å². The lowest BCUT2D eigenvalue weighted by molar-refractivity contribution is 0.0227. The summed E-state index contributed by atoms with van der Waals surface area (Å²) in [7, 11) is 0. The highest BCUT2D eigenvalue weighted by atomic mass is 16.5. The van der Waals surface area contributed by atoms with Crippen LogP contribution >= 0.6 is 0 Å². The van der Waals surface area contributed by atoms with Crippen molar-refractivity contribution in [2.24, 2.45) is 5.92 Å². The third-order valence-electron chi connectivity index (χ3n) is 5.42. The Balaban J connectivity index is 1.34. The molecule has 3 heterocycles. The molecule has 0 spiro atoms. The number of rotatable bonds is 4. The summed E-state index contributed by atoms with van der Waals surface area (Å²) >= 11 is 0. The SMILES string of the molecule is O=c1c2ccccc2cnn1CN1CCC(CN2CCOCC2)CC1. The predicted molar refractivity (Wildman–Crippen MR) is 97.6 cm³/mol.